The number of aromatic nitrogens is 1. The number of likely N-dealkylation sites (tertiary alicyclic amines) is 1. The Kier molecular flexibility index (Phi) is 4.50. The lowest BCUT2D eigenvalue weighted by Crippen LogP contribution is -2.60. The van der Waals surface area contributed by atoms with Crippen molar-refractivity contribution in [3.8, 4) is 0 Å². The van der Waals surface area contributed by atoms with Crippen LogP contribution in [0.4, 0.5) is 0 Å². The van der Waals surface area contributed by atoms with E-state index in [9.17, 15) is 4.79 Å². The highest BCUT2D eigenvalue weighted by Gasteiger charge is 2.50. The molecule has 0 saturated carbocycles. The van der Waals surface area contributed by atoms with E-state index < -0.39 is 0 Å². The number of ether oxygens (including phenoxy) is 1. The molecule has 1 amide bonds. The summed E-state index contributed by atoms with van der Waals surface area (Å²) < 4.78 is 6.27. The Hall–Kier alpha value is -1.07. The van der Waals surface area contributed by atoms with Gasteiger partial charge in [0, 0.05) is 37.7 Å². The molecule has 0 aromatic carbocycles. The molecule has 4 nitrogen and oxygen atoms in total. The Morgan fingerprint density at radius 1 is 1.57 bits per heavy atom. The molecule has 3 rings (SSSR count). The maximum absolute atomic E-state index is 11.8. The molecule has 2 saturated heterocycles. The van der Waals surface area contributed by atoms with Gasteiger partial charge in [-0.25, -0.2) is 0 Å². The maximum atomic E-state index is 11.8. The molecule has 2 aliphatic heterocycles. The second-order valence-electron chi connectivity index (χ2n) is 5.99. The predicted molar refractivity (Wildman–Crippen MR) is 84.1 cm³/mol. The number of amides is 1. The van der Waals surface area contributed by atoms with Crippen molar-refractivity contribution < 1.29 is 9.53 Å². The molecule has 2 fully saturated rings. The molecular formula is C16H22N2O2S. The van der Waals surface area contributed by atoms with Crippen LogP contribution in [0.3, 0.4) is 0 Å². The van der Waals surface area contributed by atoms with Crippen LogP contribution < -0.4 is 0 Å². The molecule has 5 heteroatoms. The third-order valence-corrected chi connectivity index (χ3v) is 5.73. The van der Waals surface area contributed by atoms with Crippen molar-refractivity contribution in [2.75, 3.05) is 18.8 Å². The van der Waals surface area contributed by atoms with Crippen LogP contribution in [0.15, 0.2) is 24.5 Å². The number of thioether (sulfide) groups is 1. The predicted octanol–water partition coefficient (Wildman–Crippen LogP) is 2.48. The van der Waals surface area contributed by atoms with Crippen molar-refractivity contribution in [3.63, 3.8) is 0 Å². The fourth-order valence-electron chi connectivity index (χ4n) is 3.03. The minimum absolute atomic E-state index is 0.267. The summed E-state index contributed by atoms with van der Waals surface area (Å²) in [5.41, 5.74) is 1.12. The van der Waals surface area contributed by atoms with Crippen molar-refractivity contribution >= 4 is 17.7 Å². The van der Waals surface area contributed by atoms with Crippen LogP contribution in [0, 0.1) is 0 Å². The standard InChI is InChI=1S/C16H22N2O2S/c1-2-4-15(19)18-11-16(12-18)7-14(10-21-16)20-9-13-5-3-6-17-8-13/h3,5-6,8,14H,2,4,7,9-12H2,1H3. The fraction of sp³-hybridized carbons (Fsp3) is 0.625. The van der Waals surface area contributed by atoms with Gasteiger partial charge in [-0.3, -0.25) is 9.78 Å². The van der Waals surface area contributed by atoms with Crippen LogP contribution in [-0.4, -0.2) is 45.5 Å². The highest BCUT2D eigenvalue weighted by Crippen LogP contribution is 2.46. The highest BCUT2D eigenvalue weighted by atomic mass is 32.2. The summed E-state index contributed by atoms with van der Waals surface area (Å²) in [4.78, 5) is 17.9. The van der Waals surface area contributed by atoms with Crippen LogP contribution in [0.5, 0.6) is 0 Å². The second-order valence-corrected chi connectivity index (χ2v) is 7.48. The fourth-order valence-corrected chi connectivity index (χ4v) is 4.58. The summed E-state index contributed by atoms with van der Waals surface area (Å²) in [5.74, 6) is 1.35. The van der Waals surface area contributed by atoms with Crippen molar-refractivity contribution in [1.29, 1.82) is 0 Å². The van der Waals surface area contributed by atoms with Crippen LogP contribution in [-0.2, 0) is 16.1 Å². The minimum Gasteiger partial charge on any atom is -0.373 e. The number of carbonyl (C=O) groups is 1. The molecule has 0 N–H and O–H groups in total. The Morgan fingerprint density at radius 3 is 3.14 bits per heavy atom. The van der Waals surface area contributed by atoms with Gasteiger partial charge in [0.25, 0.3) is 0 Å². The summed E-state index contributed by atoms with van der Waals surface area (Å²) in [7, 11) is 0. The second kappa shape index (κ2) is 6.36. The van der Waals surface area contributed by atoms with E-state index in [1.54, 1.807) is 6.20 Å². The number of carbonyl (C=O) groups excluding carboxylic acids is 1. The molecule has 1 atom stereocenters. The van der Waals surface area contributed by atoms with Gasteiger partial charge in [0.2, 0.25) is 5.91 Å². The van der Waals surface area contributed by atoms with Gasteiger partial charge in [0.05, 0.1) is 17.5 Å². The number of pyridine rings is 1. The molecule has 1 aromatic heterocycles. The number of rotatable bonds is 5. The molecular weight excluding hydrogens is 284 g/mol. The molecule has 1 aromatic rings. The van der Waals surface area contributed by atoms with E-state index in [1.807, 2.05) is 35.0 Å². The van der Waals surface area contributed by atoms with Crippen molar-refractivity contribution in [2.24, 2.45) is 0 Å². The Balaban J connectivity index is 1.43. The topological polar surface area (TPSA) is 42.4 Å². The monoisotopic (exact) mass is 306 g/mol. The van der Waals surface area contributed by atoms with E-state index in [-0.39, 0.29) is 4.75 Å². The number of hydrogen-bond donors (Lipinski definition) is 0. The Morgan fingerprint density at radius 2 is 2.43 bits per heavy atom. The van der Waals surface area contributed by atoms with Crippen LogP contribution in [0.1, 0.15) is 31.7 Å². The van der Waals surface area contributed by atoms with Gasteiger partial charge in [-0.15, -0.1) is 11.8 Å². The molecule has 114 valence electrons. The SMILES string of the molecule is CCCC(=O)N1CC2(CC(OCc3cccnc3)CS2)C1. The first-order valence-electron chi connectivity index (χ1n) is 7.63. The molecule has 1 unspecified atom stereocenters. The molecule has 3 heterocycles. The van der Waals surface area contributed by atoms with Crippen LogP contribution >= 0.6 is 11.8 Å². The first-order chi connectivity index (χ1) is 10.2. The van der Waals surface area contributed by atoms with E-state index in [2.05, 4.69) is 11.9 Å². The average molecular weight is 306 g/mol. The number of hydrogen-bond acceptors (Lipinski definition) is 4. The maximum Gasteiger partial charge on any atom is 0.222 e. The third-order valence-electron chi connectivity index (χ3n) is 4.16. The first-order valence-corrected chi connectivity index (χ1v) is 8.61. The van der Waals surface area contributed by atoms with E-state index in [0.29, 0.717) is 25.0 Å². The van der Waals surface area contributed by atoms with Crippen molar-refractivity contribution in [2.45, 2.75) is 43.6 Å². The summed E-state index contributed by atoms with van der Waals surface area (Å²) >= 11 is 1.98. The van der Waals surface area contributed by atoms with Gasteiger partial charge in [-0.2, -0.15) is 0 Å². The van der Waals surface area contributed by atoms with Crippen LogP contribution in [0.25, 0.3) is 0 Å². The van der Waals surface area contributed by atoms with Gasteiger partial charge in [0.15, 0.2) is 0 Å². The van der Waals surface area contributed by atoms with Crippen molar-refractivity contribution in [3.05, 3.63) is 30.1 Å². The lowest BCUT2D eigenvalue weighted by atomic mass is 9.92. The Bertz CT molecular complexity index is 488. The van der Waals surface area contributed by atoms with E-state index in [0.717, 1.165) is 37.2 Å². The van der Waals surface area contributed by atoms with Gasteiger partial charge in [0.1, 0.15) is 0 Å². The zero-order valence-electron chi connectivity index (χ0n) is 12.5. The zero-order chi connectivity index (χ0) is 14.7. The number of nitrogens with zero attached hydrogens (tertiary/aromatic N) is 2. The molecule has 21 heavy (non-hydrogen) atoms. The summed E-state index contributed by atoms with van der Waals surface area (Å²) in [6, 6.07) is 3.98. The Labute approximate surface area is 130 Å². The van der Waals surface area contributed by atoms with E-state index in [4.69, 9.17) is 4.74 Å². The molecule has 2 aliphatic rings. The smallest absolute Gasteiger partial charge is 0.222 e. The molecule has 0 aliphatic carbocycles. The largest absolute Gasteiger partial charge is 0.373 e. The molecule has 0 bridgehead atoms. The van der Waals surface area contributed by atoms with E-state index >= 15 is 0 Å². The minimum atomic E-state index is 0.267. The molecule has 0 radical (unpaired) electrons. The van der Waals surface area contributed by atoms with Gasteiger partial charge < -0.3 is 9.64 Å². The molecule has 1 spiro atoms. The summed E-state index contributed by atoms with van der Waals surface area (Å²) in [5, 5.41) is 0. The third kappa shape index (κ3) is 3.40. The normalized spacial score (nSPS) is 23.3. The average Bonchev–Trinajstić information content (AvgIpc) is 2.89. The van der Waals surface area contributed by atoms with E-state index in [1.165, 1.54) is 0 Å². The lowest BCUT2D eigenvalue weighted by molar-refractivity contribution is -0.136. The van der Waals surface area contributed by atoms with Gasteiger partial charge in [-0.1, -0.05) is 13.0 Å². The summed E-state index contributed by atoms with van der Waals surface area (Å²) in [6.45, 7) is 4.50. The van der Waals surface area contributed by atoms with Gasteiger partial charge in [-0.05, 0) is 24.5 Å². The lowest BCUT2D eigenvalue weighted by Gasteiger charge is -2.47. The quantitative estimate of drug-likeness (QED) is 0.838. The summed E-state index contributed by atoms with van der Waals surface area (Å²) in [6.07, 6.45) is 6.62. The van der Waals surface area contributed by atoms with Gasteiger partial charge >= 0.3 is 0 Å². The van der Waals surface area contributed by atoms with Crippen molar-refractivity contribution in [1.82, 2.24) is 9.88 Å². The highest BCUT2D eigenvalue weighted by molar-refractivity contribution is 8.01. The zero-order valence-corrected chi connectivity index (χ0v) is 13.3. The first kappa shape index (κ1) is 14.9. The van der Waals surface area contributed by atoms with Crippen LogP contribution in [0.2, 0.25) is 0 Å².